The van der Waals surface area contributed by atoms with Gasteiger partial charge < -0.3 is 0 Å². The quantitative estimate of drug-likeness (QED) is 0.244. The molecule has 0 nitrogen and oxygen atoms in total. The van der Waals surface area contributed by atoms with Gasteiger partial charge in [-0.3, -0.25) is 0 Å². The Morgan fingerprint density at radius 2 is 1.12 bits per heavy atom. The van der Waals surface area contributed by atoms with Gasteiger partial charge in [0.1, 0.15) is 0 Å². The number of unbranched alkanes of at least 4 members (excludes halogenated alkanes) is 10. The van der Waals surface area contributed by atoms with Crippen LogP contribution in [-0.2, 0) is 5.41 Å². The van der Waals surface area contributed by atoms with E-state index in [2.05, 4.69) is 51.1 Å². The van der Waals surface area contributed by atoms with Crippen molar-refractivity contribution in [3.8, 4) is 0 Å². The van der Waals surface area contributed by atoms with Gasteiger partial charge in [-0.05, 0) is 36.3 Å². The highest BCUT2D eigenvalue weighted by Crippen LogP contribution is 2.40. The van der Waals surface area contributed by atoms with Crippen molar-refractivity contribution in [2.45, 2.75) is 129 Å². The van der Waals surface area contributed by atoms with Crippen molar-refractivity contribution >= 4 is 0 Å². The molecule has 0 spiro atoms. The molecule has 0 aliphatic heterocycles. The van der Waals surface area contributed by atoms with Crippen LogP contribution >= 0.6 is 0 Å². The van der Waals surface area contributed by atoms with Gasteiger partial charge in [0.15, 0.2) is 0 Å². The summed E-state index contributed by atoms with van der Waals surface area (Å²) in [6, 6.07) is 12.4. The first-order valence-corrected chi connectivity index (χ1v) is 11.8. The van der Waals surface area contributed by atoms with E-state index in [4.69, 9.17) is 0 Å². The lowest BCUT2D eigenvalue weighted by atomic mass is 9.69. The Balaban J connectivity index is 2.50. The number of hydrogen-bond acceptors (Lipinski definition) is 0. The molecule has 0 fully saturated rings. The van der Waals surface area contributed by atoms with Gasteiger partial charge in [0.25, 0.3) is 0 Å². The van der Waals surface area contributed by atoms with E-state index in [0.29, 0.717) is 5.41 Å². The summed E-state index contributed by atoms with van der Waals surface area (Å²) >= 11 is 0. The third-order valence-electron chi connectivity index (χ3n) is 6.06. The van der Waals surface area contributed by atoms with E-state index in [-0.39, 0.29) is 0 Å². The Morgan fingerprint density at radius 3 is 1.62 bits per heavy atom. The van der Waals surface area contributed by atoms with Gasteiger partial charge in [0, 0.05) is 0 Å². The van der Waals surface area contributed by atoms with Crippen molar-refractivity contribution in [2.24, 2.45) is 0 Å². The highest BCUT2D eigenvalue weighted by Gasteiger charge is 2.30. The van der Waals surface area contributed by atoms with E-state index in [0.717, 1.165) is 0 Å². The molecule has 1 aromatic rings. The molecular weight excluding hydrogens is 312 g/mol. The molecule has 0 saturated heterocycles. The van der Waals surface area contributed by atoms with E-state index in [9.17, 15) is 0 Å². The molecule has 0 heteroatoms. The molecule has 0 heterocycles. The van der Waals surface area contributed by atoms with Crippen LogP contribution in [0.2, 0.25) is 0 Å². The normalized spacial score (nSPS) is 11.8. The third kappa shape index (κ3) is 9.24. The molecule has 1 aromatic carbocycles. The molecule has 1 radical (unpaired) electrons. The second kappa shape index (κ2) is 15.3. The maximum Gasteiger partial charge on any atom is -0.00408 e. The monoisotopic (exact) mass is 357 g/mol. The largest absolute Gasteiger partial charge is 0.0654 e. The van der Waals surface area contributed by atoms with Gasteiger partial charge in [-0.2, -0.15) is 0 Å². The minimum absolute atomic E-state index is 0.383. The maximum absolute atomic E-state index is 3.61. The highest BCUT2D eigenvalue weighted by molar-refractivity contribution is 5.24. The first kappa shape index (κ1) is 23.3. The summed E-state index contributed by atoms with van der Waals surface area (Å²) < 4.78 is 0. The smallest absolute Gasteiger partial charge is 0.00408 e. The Morgan fingerprint density at radius 1 is 0.615 bits per heavy atom. The van der Waals surface area contributed by atoms with Gasteiger partial charge in [0.05, 0.1) is 0 Å². The summed E-state index contributed by atoms with van der Waals surface area (Å²) in [4.78, 5) is 0. The average Bonchev–Trinajstić information content (AvgIpc) is 2.69. The van der Waals surface area contributed by atoms with E-state index in [1.54, 1.807) is 0 Å². The fourth-order valence-electron chi connectivity index (χ4n) is 4.31. The Hall–Kier alpha value is -0.780. The van der Waals surface area contributed by atoms with Gasteiger partial charge in [-0.1, -0.05) is 129 Å². The summed E-state index contributed by atoms with van der Waals surface area (Å²) in [5.74, 6) is 0. The summed E-state index contributed by atoms with van der Waals surface area (Å²) in [6.45, 7) is 6.96. The van der Waals surface area contributed by atoms with Crippen molar-refractivity contribution in [3.63, 3.8) is 0 Å². The molecule has 0 bridgehead atoms. The molecule has 0 aliphatic carbocycles. The Kier molecular flexibility index (Phi) is 13.7. The summed E-state index contributed by atoms with van der Waals surface area (Å²) in [5, 5.41) is 0. The third-order valence-corrected chi connectivity index (χ3v) is 6.06. The zero-order valence-electron chi connectivity index (χ0n) is 18.1. The molecule has 0 atom stereocenters. The standard InChI is InChI=1S/C26H45/c1-4-7-10-11-12-13-14-15-19-24-26(22-8-5-2,23-9-6-3)25-20-17-16-18-21-25/h16-18,20H,4-15,19,22-24H2,1-3H3. The SMILES string of the molecule is CCCCCCCCCCCC(CCCC)(CCCC)c1[c]cccc1. The molecular formula is C26H45. The Bertz CT molecular complexity index is 397. The molecule has 0 saturated carbocycles. The fourth-order valence-corrected chi connectivity index (χ4v) is 4.31. The van der Waals surface area contributed by atoms with Crippen LogP contribution in [0.1, 0.15) is 129 Å². The topological polar surface area (TPSA) is 0 Å². The Labute approximate surface area is 165 Å². The number of rotatable bonds is 17. The van der Waals surface area contributed by atoms with E-state index >= 15 is 0 Å². The van der Waals surface area contributed by atoms with E-state index in [1.807, 2.05) is 0 Å². The first-order chi connectivity index (χ1) is 12.8. The lowest BCUT2D eigenvalue weighted by molar-refractivity contribution is 0.305. The van der Waals surface area contributed by atoms with Crippen molar-refractivity contribution < 1.29 is 0 Å². The summed E-state index contributed by atoms with van der Waals surface area (Å²) in [6.07, 6.45) is 22.2. The molecule has 0 amide bonds. The van der Waals surface area contributed by atoms with Crippen LogP contribution < -0.4 is 0 Å². The minimum atomic E-state index is 0.383. The van der Waals surface area contributed by atoms with Crippen LogP contribution in [0.4, 0.5) is 0 Å². The van der Waals surface area contributed by atoms with Crippen LogP contribution in [0.5, 0.6) is 0 Å². The summed E-state index contributed by atoms with van der Waals surface area (Å²) in [7, 11) is 0. The predicted molar refractivity (Wildman–Crippen MR) is 118 cm³/mol. The summed E-state index contributed by atoms with van der Waals surface area (Å²) in [5.41, 5.74) is 1.87. The van der Waals surface area contributed by atoms with Crippen LogP contribution in [0.3, 0.4) is 0 Å². The molecule has 149 valence electrons. The van der Waals surface area contributed by atoms with Crippen LogP contribution in [0.15, 0.2) is 24.3 Å². The van der Waals surface area contributed by atoms with Gasteiger partial charge in [0.2, 0.25) is 0 Å². The zero-order chi connectivity index (χ0) is 18.9. The van der Waals surface area contributed by atoms with E-state index < -0.39 is 0 Å². The minimum Gasteiger partial charge on any atom is -0.0654 e. The van der Waals surface area contributed by atoms with Crippen molar-refractivity contribution in [2.75, 3.05) is 0 Å². The predicted octanol–water partition coefficient (Wildman–Crippen LogP) is 9.03. The molecule has 0 aliphatic rings. The first-order valence-electron chi connectivity index (χ1n) is 11.8. The average molecular weight is 358 g/mol. The van der Waals surface area contributed by atoms with Crippen molar-refractivity contribution in [1.82, 2.24) is 0 Å². The highest BCUT2D eigenvalue weighted by atomic mass is 14.3. The lowest BCUT2D eigenvalue weighted by Gasteiger charge is -2.35. The van der Waals surface area contributed by atoms with Gasteiger partial charge in [-0.15, -0.1) is 0 Å². The van der Waals surface area contributed by atoms with E-state index in [1.165, 1.54) is 108 Å². The molecule has 0 aromatic heterocycles. The van der Waals surface area contributed by atoms with Gasteiger partial charge in [-0.25, -0.2) is 0 Å². The zero-order valence-corrected chi connectivity index (χ0v) is 18.1. The molecule has 1 rings (SSSR count). The van der Waals surface area contributed by atoms with Crippen LogP contribution in [0, 0.1) is 6.07 Å². The van der Waals surface area contributed by atoms with Crippen LogP contribution in [-0.4, -0.2) is 0 Å². The molecule has 26 heavy (non-hydrogen) atoms. The second-order valence-corrected chi connectivity index (χ2v) is 8.34. The molecule has 0 N–H and O–H groups in total. The molecule has 0 unspecified atom stereocenters. The van der Waals surface area contributed by atoms with Crippen LogP contribution in [0.25, 0.3) is 0 Å². The van der Waals surface area contributed by atoms with Gasteiger partial charge >= 0.3 is 0 Å². The maximum atomic E-state index is 3.61. The second-order valence-electron chi connectivity index (χ2n) is 8.34. The lowest BCUT2D eigenvalue weighted by Crippen LogP contribution is -2.26. The number of hydrogen-bond donors (Lipinski definition) is 0. The fraction of sp³-hybridized carbons (Fsp3) is 0.769. The number of benzene rings is 1. The van der Waals surface area contributed by atoms with Crippen molar-refractivity contribution in [1.29, 1.82) is 0 Å². The van der Waals surface area contributed by atoms with Crippen molar-refractivity contribution in [3.05, 3.63) is 35.9 Å².